The third-order valence-electron chi connectivity index (χ3n) is 2.16. The van der Waals surface area contributed by atoms with Crippen LogP contribution in [0.15, 0.2) is 41.3 Å². The summed E-state index contributed by atoms with van der Waals surface area (Å²) in [5.41, 5.74) is 6.43. The molecule has 0 unspecified atom stereocenters. The van der Waals surface area contributed by atoms with E-state index in [0.717, 1.165) is 5.56 Å². The number of nitrogens with two attached hydrogens (primary N) is 1. The van der Waals surface area contributed by atoms with E-state index < -0.39 is 0 Å². The zero-order valence-electron chi connectivity index (χ0n) is 8.50. The van der Waals surface area contributed by atoms with Gasteiger partial charge >= 0.3 is 0 Å². The van der Waals surface area contributed by atoms with Gasteiger partial charge < -0.3 is 10.8 Å². The molecule has 2 rings (SSSR count). The Labute approximate surface area is 91.8 Å². The third-order valence-corrected chi connectivity index (χ3v) is 2.16. The molecule has 0 amide bonds. The predicted octanol–water partition coefficient (Wildman–Crippen LogP) is 0.579. The van der Waals surface area contributed by atoms with E-state index >= 15 is 0 Å². The average Bonchev–Trinajstić information content (AvgIpc) is 2.25. The van der Waals surface area contributed by atoms with Gasteiger partial charge in [-0.05, 0) is 17.7 Å². The Bertz CT molecular complexity index is 546. The van der Waals surface area contributed by atoms with Crippen molar-refractivity contribution in [3.63, 3.8) is 0 Å². The number of phenolic OH excluding ortho intramolecular Hbond substituents is 1. The van der Waals surface area contributed by atoms with Crippen LogP contribution in [-0.4, -0.2) is 14.9 Å². The van der Waals surface area contributed by atoms with E-state index in [0.29, 0.717) is 12.2 Å². The monoisotopic (exact) mass is 217 g/mol. The van der Waals surface area contributed by atoms with E-state index in [-0.39, 0.29) is 11.3 Å². The van der Waals surface area contributed by atoms with Crippen molar-refractivity contribution in [3.05, 3.63) is 52.4 Å². The van der Waals surface area contributed by atoms with Crippen LogP contribution in [0.25, 0.3) is 0 Å². The normalized spacial score (nSPS) is 10.2. The van der Waals surface area contributed by atoms with E-state index in [1.54, 1.807) is 24.3 Å². The van der Waals surface area contributed by atoms with Crippen LogP contribution < -0.4 is 11.3 Å². The molecule has 5 heteroatoms. The number of hydrogen-bond donors (Lipinski definition) is 2. The Kier molecular flexibility index (Phi) is 2.59. The van der Waals surface area contributed by atoms with Crippen molar-refractivity contribution in [2.45, 2.75) is 6.54 Å². The van der Waals surface area contributed by atoms with Gasteiger partial charge in [0.25, 0.3) is 5.56 Å². The molecule has 16 heavy (non-hydrogen) atoms. The fourth-order valence-corrected chi connectivity index (χ4v) is 1.34. The first kappa shape index (κ1) is 10.2. The number of nitrogen functional groups attached to an aromatic ring is 1. The Morgan fingerprint density at radius 2 is 2.00 bits per heavy atom. The first-order valence-corrected chi connectivity index (χ1v) is 4.76. The molecule has 2 aromatic rings. The first-order valence-electron chi connectivity index (χ1n) is 4.76. The SMILES string of the molecule is Nc1cnn(Cc2ccc(O)cc2)c(=O)c1. The molecule has 0 fully saturated rings. The molecule has 1 aromatic heterocycles. The summed E-state index contributed by atoms with van der Waals surface area (Å²) in [6.07, 6.45) is 1.43. The van der Waals surface area contributed by atoms with Gasteiger partial charge in [0.15, 0.2) is 0 Å². The number of aromatic nitrogens is 2. The maximum Gasteiger partial charge on any atom is 0.269 e. The number of benzene rings is 1. The minimum absolute atomic E-state index is 0.196. The van der Waals surface area contributed by atoms with E-state index in [2.05, 4.69) is 5.10 Å². The number of hydrogen-bond acceptors (Lipinski definition) is 4. The van der Waals surface area contributed by atoms with E-state index in [9.17, 15) is 4.79 Å². The zero-order valence-corrected chi connectivity index (χ0v) is 8.50. The highest BCUT2D eigenvalue weighted by molar-refractivity contribution is 5.31. The molecule has 0 bridgehead atoms. The summed E-state index contributed by atoms with van der Waals surface area (Å²) >= 11 is 0. The Hall–Kier alpha value is -2.30. The lowest BCUT2D eigenvalue weighted by atomic mass is 10.2. The molecule has 0 aliphatic heterocycles. The van der Waals surface area contributed by atoms with Gasteiger partial charge in [-0.15, -0.1) is 0 Å². The van der Waals surface area contributed by atoms with Gasteiger partial charge in [-0.2, -0.15) is 5.10 Å². The minimum Gasteiger partial charge on any atom is -0.508 e. The number of rotatable bonds is 2. The smallest absolute Gasteiger partial charge is 0.269 e. The lowest BCUT2D eigenvalue weighted by Crippen LogP contribution is -2.22. The van der Waals surface area contributed by atoms with E-state index in [4.69, 9.17) is 10.8 Å². The lowest BCUT2D eigenvalue weighted by molar-refractivity contribution is 0.475. The molecule has 0 spiro atoms. The van der Waals surface area contributed by atoms with Gasteiger partial charge in [-0.25, -0.2) is 4.68 Å². The summed E-state index contributed by atoms with van der Waals surface area (Å²) in [5, 5.41) is 13.0. The largest absolute Gasteiger partial charge is 0.508 e. The lowest BCUT2D eigenvalue weighted by Gasteiger charge is -2.04. The molecule has 0 saturated heterocycles. The molecule has 1 aromatic carbocycles. The molecule has 1 heterocycles. The third kappa shape index (κ3) is 2.20. The zero-order chi connectivity index (χ0) is 11.5. The highest BCUT2D eigenvalue weighted by atomic mass is 16.3. The fourth-order valence-electron chi connectivity index (χ4n) is 1.34. The molecule has 0 aliphatic carbocycles. The second-order valence-corrected chi connectivity index (χ2v) is 3.45. The molecule has 82 valence electrons. The minimum atomic E-state index is -0.243. The van der Waals surface area contributed by atoms with Gasteiger partial charge in [-0.1, -0.05) is 12.1 Å². The summed E-state index contributed by atoms with van der Waals surface area (Å²) in [4.78, 5) is 11.5. The first-order chi connectivity index (χ1) is 7.65. The highest BCUT2D eigenvalue weighted by Gasteiger charge is 1.99. The standard InChI is InChI=1S/C11H11N3O2/c12-9-5-11(16)14(13-6-9)7-8-1-3-10(15)4-2-8/h1-6,15H,7,12H2. The van der Waals surface area contributed by atoms with Crippen LogP contribution in [0.2, 0.25) is 0 Å². The van der Waals surface area contributed by atoms with Crippen molar-refractivity contribution in [1.29, 1.82) is 0 Å². The van der Waals surface area contributed by atoms with Crippen LogP contribution in [0, 0.1) is 0 Å². The number of aromatic hydroxyl groups is 1. The molecule has 0 aliphatic rings. The molecule has 5 nitrogen and oxygen atoms in total. The molecular weight excluding hydrogens is 206 g/mol. The van der Waals surface area contributed by atoms with Crippen molar-refractivity contribution in [2.24, 2.45) is 0 Å². The van der Waals surface area contributed by atoms with E-state index in [1.165, 1.54) is 16.9 Å². The number of phenols is 1. The van der Waals surface area contributed by atoms with Crippen molar-refractivity contribution in [3.8, 4) is 5.75 Å². The van der Waals surface area contributed by atoms with Gasteiger partial charge in [0.05, 0.1) is 18.4 Å². The van der Waals surface area contributed by atoms with Crippen LogP contribution >= 0.6 is 0 Å². The Morgan fingerprint density at radius 1 is 1.31 bits per heavy atom. The van der Waals surface area contributed by atoms with Crippen molar-refractivity contribution >= 4 is 5.69 Å². The summed E-state index contributed by atoms with van der Waals surface area (Å²) in [7, 11) is 0. The molecule has 0 saturated carbocycles. The van der Waals surface area contributed by atoms with Gasteiger partial charge in [-0.3, -0.25) is 4.79 Å². The van der Waals surface area contributed by atoms with Crippen LogP contribution in [0.4, 0.5) is 5.69 Å². The number of anilines is 1. The molecular formula is C11H11N3O2. The van der Waals surface area contributed by atoms with Crippen LogP contribution in [0.1, 0.15) is 5.56 Å². The van der Waals surface area contributed by atoms with Gasteiger partial charge in [0.1, 0.15) is 5.75 Å². The predicted molar refractivity (Wildman–Crippen MR) is 60.1 cm³/mol. The molecule has 0 atom stereocenters. The summed E-state index contributed by atoms with van der Waals surface area (Å²) in [5.74, 6) is 0.196. The molecule has 3 N–H and O–H groups in total. The summed E-state index contributed by atoms with van der Waals surface area (Å²) in [6.45, 7) is 0.361. The number of nitrogens with zero attached hydrogens (tertiary/aromatic N) is 2. The second-order valence-electron chi connectivity index (χ2n) is 3.45. The Morgan fingerprint density at radius 3 is 2.62 bits per heavy atom. The highest BCUT2D eigenvalue weighted by Crippen LogP contribution is 2.09. The van der Waals surface area contributed by atoms with Crippen molar-refractivity contribution in [2.75, 3.05) is 5.73 Å². The summed E-state index contributed by atoms with van der Waals surface area (Å²) in [6, 6.07) is 7.93. The topological polar surface area (TPSA) is 81.1 Å². The van der Waals surface area contributed by atoms with Crippen molar-refractivity contribution < 1.29 is 5.11 Å². The maximum absolute atomic E-state index is 11.5. The van der Waals surface area contributed by atoms with Crippen LogP contribution in [-0.2, 0) is 6.54 Å². The molecule has 0 radical (unpaired) electrons. The van der Waals surface area contributed by atoms with E-state index in [1.807, 2.05) is 0 Å². The quantitative estimate of drug-likeness (QED) is 0.771. The van der Waals surface area contributed by atoms with Crippen LogP contribution in [0.5, 0.6) is 5.75 Å². The van der Waals surface area contributed by atoms with Gasteiger partial charge in [0, 0.05) is 6.07 Å². The Balaban J connectivity index is 2.27. The fraction of sp³-hybridized carbons (Fsp3) is 0.0909. The summed E-state index contributed by atoms with van der Waals surface area (Å²) < 4.78 is 1.31. The average molecular weight is 217 g/mol. The maximum atomic E-state index is 11.5. The van der Waals surface area contributed by atoms with Crippen molar-refractivity contribution in [1.82, 2.24) is 9.78 Å². The van der Waals surface area contributed by atoms with Crippen LogP contribution in [0.3, 0.4) is 0 Å². The van der Waals surface area contributed by atoms with Gasteiger partial charge in [0.2, 0.25) is 0 Å². The second kappa shape index (κ2) is 4.06.